The summed E-state index contributed by atoms with van der Waals surface area (Å²) < 4.78 is 13.5. The first kappa shape index (κ1) is 14.8. The molecule has 0 aliphatic carbocycles. The molecule has 0 saturated carbocycles. The fraction of sp³-hybridized carbons (Fsp3) is 0.0909. The van der Waals surface area contributed by atoms with E-state index in [-0.39, 0.29) is 11.3 Å². The first-order valence-electron chi connectivity index (χ1n) is 5.60. The maximum absolute atomic E-state index is 13.5. The number of hydrogen-bond donors (Lipinski definition) is 3. The molecule has 0 fully saturated rings. The van der Waals surface area contributed by atoms with Crippen molar-refractivity contribution in [2.75, 3.05) is 10.7 Å². The molecule has 4 N–H and O–H groups in total. The van der Waals surface area contributed by atoms with Gasteiger partial charge in [0, 0.05) is 11.1 Å². The van der Waals surface area contributed by atoms with Gasteiger partial charge in [-0.15, -0.1) is 11.3 Å². The van der Waals surface area contributed by atoms with Crippen molar-refractivity contribution in [3.63, 3.8) is 0 Å². The van der Waals surface area contributed by atoms with E-state index in [0.717, 1.165) is 10.9 Å². The topological polar surface area (TPSA) is 123 Å². The Bertz CT molecular complexity index is 718. The molecule has 0 spiro atoms. The lowest BCUT2D eigenvalue weighted by molar-refractivity contribution is -0.385. The summed E-state index contributed by atoms with van der Waals surface area (Å²) in [6.45, 7) is 1.80. The lowest BCUT2D eigenvalue weighted by Gasteiger charge is -2.07. The minimum absolute atomic E-state index is 0.221. The van der Waals surface area contributed by atoms with Gasteiger partial charge in [0.05, 0.1) is 16.7 Å². The standard InChI is InChI=1S/C11H10FN5O3S/c1-5-4-14-11(21-5)15-10(18)6-2-8(16-13)7(12)3-9(6)17(19)20/h2-4,16H,13H2,1H3,(H,14,15,18). The molecule has 110 valence electrons. The number of carbonyl (C=O) groups is 1. The quantitative estimate of drug-likeness (QED) is 0.451. The Morgan fingerprint density at radius 2 is 2.24 bits per heavy atom. The number of carbonyl (C=O) groups excluding carboxylic acids is 1. The van der Waals surface area contributed by atoms with Crippen LogP contribution in [-0.4, -0.2) is 15.8 Å². The van der Waals surface area contributed by atoms with Crippen molar-refractivity contribution in [3.05, 3.63) is 44.7 Å². The fourth-order valence-electron chi connectivity index (χ4n) is 1.58. The number of nitro groups is 1. The van der Waals surface area contributed by atoms with Crippen LogP contribution in [0.1, 0.15) is 15.2 Å². The number of amides is 1. The van der Waals surface area contributed by atoms with Crippen LogP contribution < -0.4 is 16.6 Å². The number of halogens is 1. The molecule has 0 unspecified atom stereocenters. The lowest BCUT2D eigenvalue weighted by atomic mass is 10.1. The number of hydrazine groups is 1. The second kappa shape index (κ2) is 5.81. The summed E-state index contributed by atoms with van der Waals surface area (Å²) in [5, 5.41) is 13.6. The van der Waals surface area contributed by atoms with E-state index >= 15 is 0 Å². The highest BCUT2D eigenvalue weighted by molar-refractivity contribution is 7.15. The van der Waals surface area contributed by atoms with Crippen molar-refractivity contribution in [1.29, 1.82) is 0 Å². The van der Waals surface area contributed by atoms with Gasteiger partial charge in [-0.05, 0) is 13.0 Å². The van der Waals surface area contributed by atoms with Crippen molar-refractivity contribution in [2.24, 2.45) is 5.84 Å². The van der Waals surface area contributed by atoms with Crippen molar-refractivity contribution >= 4 is 33.8 Å². The Kier molecular flexibility index (Phi) is 4.10. The molecule has 0 saturated heterocycles. The number of benzene rings is 1. The van der Waals surface area contributed by atoms with Crippen LogP contribution >= 0.6 is 11.3 Å². The Labute approximate surface area is 121 Å². The predicted molar refractivity (Wildman–Crippen MR) is 75.7 cm³/mol. The van der Waals surface area contributed by atoms with Gasteiger partial charge in [0.2, 0.25) is 0 Å². The van der Waals surface area contributed by atoms with Crippen molar-refractivity contribution in [1.82, 2.24) is 4.98 Å². The molecule has 8 nitrogen and oxygen atoms in total. The number of hydrogen-bond acceptors (Lipinski definition) is 7. The van der Waals surface area contributed by atoms with E-state index < -0.39 is 22.3 Å². The van der Waals surface area contributed by atoms with Gasteiger partial charge in [-0.1, -0.05) is 0 Å². The number of aromatic nitrogens is 1. The molecule has 1 aromatic carbocycles. The lowest BCUT2D eigenvalue weighted by Crippen LogP contribution is -2.16. The third-order valence-electron chi connectivity index (χ3n) is 2.52. The van der Waals surface area contributed by atoms with Gasteiger partial charge in [0.15, 0.2) is 10.9 Å². The van der Waals surface area contributed by atoms with E-state index in [9.17, 15) is 19.3 Å². The van der Waals surface area contributed by atoms with Crippen LogP contribution in [0.3, 0.4) is 0 Å². The third kappa shape index (κ3) is 3.12. The average Bonchev–Trinajstić information content (AvgIpc) is 2.83. The number of nitro benzene ring substituents is 1. The number of aryl methyl sites for hydroxylation is 1. The third-order valence-corrected chi connectivity index (χ3v) is 3.35. The number of nitrogens with zero attached hydrogens (tertiary/aromatic N) is 2. The van der Waals surface area contributed by atoms with Crippen LogP contribution in [0.2, 0.25) is 0 Å². The summed E-state index contributed by atoms with van der Waals surface area (Å²) in [5.74, 6) is 3.40. The summed E-state index contributed by atoms with van der Waals surface area (Å²) in [6, 6.07) is 1.61. The Hall–Kier alpha value is -2.59. The van der Waals surface area contributed by atoms with Crippen molar-refractivity contribution in [2.45, 2.75) is 6.92 Å². The van der Waals surface area contributed by atoms with Gasteiger partial charge in [-0.2, -0.15) is 0 Å². The Morgan fingerprint density at radius 3 is 2.76 bits per heavy atom. The number of rotatable bonds is 4. The van der Waals surface area contributed by atoms with Gasteiger partial charge in [0.1, 0.15) is 5.56 Å². The van der Waals surface area contributed by atoms with Crippen LogP contribution in [0.4, 0.5) is 20.9 Å². The molecular weight excluding hydrogens is 301 g/mol. The normalized spacial score (nSPS) is 10.2. The number of nitrogen functional groups attached to an aromatic ring is 1. The second-order valence-corrected chi connectivity index (χ2v) is 5.22. The van der Waals surface area contributed by atoms with Crippen LogP contribution in [0.15, 0.2) is 18.3 Å². The van der Waals surface area contributed by atoms with Gasteiger partial charge < -0.3 is 5.43 Å². The molecule has 0 radical (unpaired) electrons. The molecule has 0 aliphatic heterocycles. The molecular formula is C11H10FN5O3S. The Morgan fingerprint density at radius 1 is 1.52 bits per heavy atom. The van der Waals surface area contributed by atoms with Crippen LogP contribution in [0.5, 0.6) is 0 Å². The molecule has 2 rings (SSSR count). The zero-order valence-corrected chi connectivity index (χ0v) is 11.5. The van der Waals surface area contributed by atoms with Crippen LogP contribution in [0.25, 0.3) is 0 Å². The molecule has 0 atom stereocenters. The average molecular weight is 311 g/mol. The molecule has 21 heavy (non-hydrogen) atoms. The minimum Gasteiger partial charge on any atom is -0.321 e. The summed E-state index contributed by atoms with van der Waals surface area (Å²) in [7, 11) is 0. The van der Waals surface area contributed by atoms with Crippen LogP contribution in [-0.2, 0) is 0 Å². The zero-order chi connectivity index (χ0) is 15.6. The number of nitrogens with two attached hydrogens (primary N) is 1. The largest absolute Gasteiger partial charge is 0.321 e. The van der Waals surface area contributed by atoms with E-state index in [0.29, 0.717) is 11.2 Å². The predicted octanol–water partition coefficient (Wildman–Crippen LogP) is 2.04. The van der Waals surface area contributed by atoms with Crippen molar-refractivity contribution in [3.8, 4) is 0 Å². The molecule has 1 aromatic heterocycles. The Balaban J connectivity index is 2.40. The maximum Gasteiger partial charge on any atom is 0.285 e. The second-order valence-electron chi connectivity index (χ2n) is 3.98. The van der Waals surface area contributed by atoms with E-state index in [2.05, 4.69) is 10.3 Å². The summed E-state index contributed by atoms with van der Waals surface area (Å²) in [4.78, 5) is 27.0. The summed E-state index contributed by atoms with van der Waals surface area (Å²) in [5.41, 5.74) is 0.840. The fourth-order valence-corrected chi connectivity index (χ4v) is 2.24. The first-order chi connectivity index (χ1) is 9.92. The van der Waals surface area contributed by atoms with Crippen LogP contribution in [0, 0.1) is 22.9 Å². The highest BCUT2D eigenvalue weighted by Gasteiger charge is 2.24. The highest BCUT2D eigenvalue weighted by atomic mass is 32.1. The van der Waals surface area contributed by atoms with Gasteiger partial charge in [-0.25, -0.2) is 9.37 Å². The minimum atomic E-state index is -0.925. The summed E-state index contributed by atoms with van der Waals surface area (Å²) >= 11 is 1.21. The summed E-state index contributed by atoms with van der Waals surface area (Å²) in [6.07, 6.45) is 1.55. The number of anilines is 2. The first-order valence-corrected chi connectivity index (χ1v) is 6.42. The van der Waals surface area contributed by atoms with Gasteiger partial charge in [-0.3, -0.25) is 26.1 Å². The molecule has 2 aromatic rings. The molecule has 1 heterocycles. The highest BCUT2D eigenvalue weighted by Crippen LogP contribution is 2.27. The monoisotopic (exact) mass is 311 g/mol. The van der Waals surface area contributed by atoms with Gasteiger partial charge >= 0.3 is 0 Å². The number of thiazole rings is 1. The molecule has 10 heteroatoms. The molecule has 1 amide bonds. The van der Waals surface area contributed by atoms with Crippen molar-refractivity contribution < 1.29 is 14.1 Å². The van der Waals surface area contributed by atoms with E-state index in [1.807, 2.05) is 5.43 Å². The zero-order valence-electron chi connectivity index (χ0n) is 10.7. The van der Waals surface area contributed by atoms with E-state index in [1.54, 1.807) is 13.1 Å². The molecule has 0 aliphatic rings. The van der Waals surface area contributed by atoms with E-state index in [1.165, 1.54) is 11.3 Å². The van der Waals surface area contributed by atoms with Gasteiger partial charge in [0.25, 0.3) is 11.6 Å². The maximum atomic E-state index is 13.5. The molecule has 0 bridgehead atoms. The number of nitrogens with one attached hydrogen (secondary N) is 2. The smallest absolute Gasteiger partial charge is 0.285 e. The SMILES string of the molecule is Cc1cnc(NC(=O)c2cc(NN)c(F)cc2[N+](=O)[O-])s1. The van der Waals surface area contributed by atoms with E-state index in [4.69, 9.17) is 5.84 Å².